The Bertz CT molecular complexity index is 1490. The second-order valence-corrected chi connectivity index (χ2v) is 23.8. The molecular weight excluding hydrogens is 997 g/mol. The number of esters is 3. The van der Waals surface area contributed by atoms with Crippen molar-refractivity contribution in [2.24, 2.45) is 0 Å². The summed E-state index contributed by atoms with van der Waals surface area (Å²) < 4.78 is 16.9. The second-order valence-electron chi connectivity index (χ2n) is 23.8. The summed E-state index contributed by atoms with van der Waals surface area (Å²) in [6, 6.07) is 0. The van der Waals surface area contributed by atoms with E-state index in [9.17, 15) is 14.4 Å². The summed E-state index contributed by atoms with van der Waals surface area (Å²) in [5.74, 6) is -0.910. The maximum atomic E-state index is 12.9. The van der Waals surface area contributed by atoms with Crippen LogP contribution >= 0.6 is 0 Å². The Balaban J connectivity index is 4.13. The number of unbranched alkanes of at least 4 members (excludes halogenated alkanes) is 42. The van der Waals surface area contributed by atoms with Crippen LogP contribution in [0.25, 0.3) is 0 Å². The molecule has 0 N–H and O–H groups in total. The Morgan fingerprint density at radius 1 is 0.259 bits per heavy atom. The quantitative estimate of drug-likeness (QED) is 0.0261. The van der Waals surface area contributed by atoms with Gasteiger partial charge in [0.2, 0.25) is 0 Å². The summed E-state index contributed by atoms with van der Waals surface area (Å²) in [4.78, 5) is 38.3. The Labute approximate surface area is 503 Å². The first-order chi connectivity index (χ1) is 40.0. The summed E-state index contributed by atoms with van der Waals surface area (Å²) in [6.07, 6.45) is 91.0. The Kier molecular flexibility index (Phi) is 66.6. The summed E-state index contributed by atoms with van der Waals surface area (Å²) in [5, 5.41) is 0. The molecular formula is C75H134O6. The molecule has 0 radical (unpaired) electrons. The highest BCUT2D eigenvalue weighted by atomic mass is 16.6. The standard InChI is InChI=1S/C75H134O6/c1-4-7-10-13-16-19-22-25-27-29-30-31-32-33-34-35-36-37-38-39-40-41-42-43-44-46-47-50-53-56-59-62-65-68-74(77)80-71-72(70-79-73(76)67-64-61-58-55-52-49-24-21-18-15-12-9-6-3)81-75(78)69-66-63-60-57-54-51-48-45-28-26-23-20-17-14-11-8-5-2/h8,11-12,15,17,20-21,24,26,28,48,51,72H,4-7,9-10,13-14,16,18-19,22-23,25,27,29-47,49-50,52-71H2,1-3H3/b11-8-,15-12-,20-17-,24-21-,28-26-,51-48-. The maximum absolute atomic E-state index is 12.9. The van der Waals surface area contributed by atoms with Gasteiger partial charge in [-0.3, -0.25) is 14.4 Å². The van der Waals surface area contributed by atoms with Crippen LogP contribution in [-0.4, -0.2) is 37.2 Å². The molecule has 0 aliphatic heterocycles. The molecule has 0 rings (SSSR count). The smallest absolute Gasteiger partial charge is 0.306 e. The first kappa shape index (κ1) is 77.9. The number of allylic oxidation sites excluding steroid dienone is 12. The minimum Gasteiger partial charge on any atom is -0.462 e. The first-order valence-corrected chi connectivity index (χ1v) is 35.4. The Morgan fingerprint density at radius 2 is 0.506 bits per heavy atom. The monoisotopic (exact) mass is 1130 g/mol. The minimum atomic E-state index is -0.795. The van der Waals surface area contributed by atoms with Crippen LogP contribution in [0, 0.1) is 0 Å². The van der Waals surface area contributed by atoms with Gasteiger partial charge in [0.1, 0.15) is 13.2 Å². The topological polar surface area (TPSA) is 78.9 Å². The number of hydrogen-bond acceptors (Lipinski definition) is 6. The van der Waals surface area contributed by atoms with Crippen LogP contribution in [0.3, 0.4) is 0 Å². The lowest BCUT2D eigenvalue weighted by atomic mass is 10.0. The number of carbonyl (C=O) groups is 3. The number of hydrogen-bond donors (Lipinski definition) is 0. The van der Waals surface area contributed by atoms with Gasteiger partial charge in [0.25, 0.3) is 0 Å². The predicted octanol–water partition coefficient (Wildman–Crippen LogP) is 24.4. The molecule has 1 atom stereocenters. The fourth-order valence-corrected chi connectivity index (χ4v) is 10.4. The fourth-order valence-electron chi connectivity index (χ4n) is 10.4. The van der Waals surface area contributed by atoms with Crippen LogP contribution in [0.5, 0.6) is 0 Å². The molecule has 0 saturated carbocycles. The molecule has 0 saturated heterocycles. The van der Waals surface area contributed by atoms with E-state index in [0.717, 1.165) is 128 Å². The molecule has 0 amide bonds. The van der Waals surface area contributed by atoms with E-state index >= 15 is 0 Å². The highest BCUT2D eigenvalue weighted by Crippen LogP contribution is 2.18. The van der Waals surface area contributed by atoms with Crippen molar-refractivity contribution < 1.29 is 28.6 Å². The zero-order valence-corrected chi connectivity index (χ0v) is 54.1. The van der Waals surface area contributed by atoms with Gasteiger partial charge in [-0.1, -0.05) is 338 Å². The Morgan fingerprint density at radius 3 is 0.802 bits per heavy atom. The average Bonchev–Trinajstić information content (AvgIpc) is 3.46. The maximum Gasteiger partial charge on any atom is 0.306 e. The number of ether oxygens (including phenoxy) is 3. The largest absolute Gasteiger partial charge is 0.462 e. The first-order valence-electron chi connectivity index (χ1n) is 35.4. The summed E-state index contributed by atoms with van der Waals surface area (Å²) in [6.45, 7) is 6.48. The van der Waals surface area contributed by atoms with Gasteiger partial charge < -0.3 is 14.2 Å². The van der Waals surface area contributed by atoms with Gasteiger partial charge in [-0.15, -0.1) is 0 Å². The lowest BCUT2D eigenvalue weighted by Crippen LogP contribution is -2.30. The SMILES string of the molecule is CC/C=C\C/C=C\C/C=C\C/C=C\CCCCCCC(=O)OC(COC(=O)CCCCCCC/C=C\C/C=C\CCC)COC(=O)CCCCCCCCCCCCCCCCCCCCCCCCCCCCCCCCCCC. The molecule has 0 heterocycles. The molecule has 6 heteroatoms. The molecule has 470 valence electrons. The third-order valence-electron chi connectivity index (χ3n) is 15.7. The van der Waals surface area contributed by atoms with Crippen LogP contribution in [0.1, 0.15) is 367 Å². The van der Waals surface area contributed by atoms with Gasteiger partial charge in [-0.25, -0.2) is 0 Å². The van der Waals surface area contributed by atoms with Gasteiger partial charge in [0.15, 0.2) is 6.10 Å². The Hall–Kier alpha value is -3.15. The van der Waals surface area contributed by atoms with E-state index in [1.807, 2.05) is 0 Å². The van der Waals surface area contributed by atoms with E-state index in [1.54, 1.807) is 0 Å². The van der Waals surface area contributed by atoms with E-state index in [-0.39, 0.29) is 31.1 Å². The van der Waals surface area contributed by atoms with Crippen molar-refractivity contribution in [3.8, 4) is 0 Å². The van der Waals surface area contributed by atoms with Crippen LogP contribution in [-0.2, 0) is 28.6 Å². The fraction of sp³-hybridized carbons (Fsp3) is 0.800. The van der Waals surface area contributed by atoms with E-state index in [1.165, 1.54) is 199 Å². The van der Waals surface area contributed by atoms with Gasteiger partial charge in [0.05, 0.1) is 0 Å². The van der Waals surface area contributed by atoms with Crippen molar-refractivity contribution in [1.82, 2.24) is 0 Å². The molecule has 0 aliphatic rings. The lowest BCUT2D eigenvalue weighted by Gasteiger charge is -2.18. The molecule has 0 aromatic carbocycles. The molecule has 0 bridgehead atoms. The number of carbonyl (C=O) groups excluding carboxylic acids is 3. The summed E-state index contributed by atoms with van der Waals surface area (Å²) in [5.41, 5.74) is 0. The molecule has 1 unspecified atom stereocenters. The van der Waals surface area contributed by atoms with Gasteiger partial charge in [-0.05, 0) is 83.5 Å². The van der Waals surface area contributed by atoms with Crippen LogP contribution in [0.15, 0.2) is 72.9 Å². The van der Waals surface area contributed by atoms with E-state index in [0.29, 0.717) is 19.3 Å². The lowest BCUT2D eigenvalue weighted by molar-refractivity contribution is -0.167. The van der Waals surface area contributed by atoms with Crippen LogP contribution in [0.4, 0.5) is 0 Å². The van der Waals surface area contributed by atoms with Crippen molar-refractivity contribution in [2.75, 3.05) is 13.2 Å². The third kappa shape index (κ3) is 67.5. The molecule has 0 fully saturated rings. The van der Waals surface area contributed by atoms with Crippen LogP contribution in [0.2, 0.25) is 0 Å². The molecule has 0 aromatic heterocycles. The van der Waals surface area contributed by atoms with Crippen molar-refractivity contribution >= 4 is 17.9 Å². The van der Waals surface area contributed by atoms with Gasteiger partial charge in [-0.2, -0.15) is 0 Å². The molecule has 81 heavy (non-hydrogen) atoms. The van der Waals surface area contributed by atoms with E-state index < -0.39 is 6.10 Å². The molecule has 6 nitrogen and oxygen atoms in total. The normalized spacial score (nSPS) is 12.5. The summed E-state index contributed by atoms with van der Waals surface area (Å²) in [7, 11) is 0. The minimum absolute atomic E-state index is 0.0875. The van der Waals surface area contributed by atoms with Crippen molar-refractivity contribution in [2.45, 2.75) is 374 Å². The van der Waals surface area contributed by atoms with E-state index in [4.69, 9.17) is 14.2 Å². The van der Waals surface area contributed by atoms with E-state index in [2.05, 4.69) is 93.7 Å². The van der Waals surface area contributed by atoms with Crippen LogP contribution < -0.4 is 0 Å². The highest BCUT2D eigenvalue weighted by Gasteiger charge is 2.19. The third-order valence-corrected chi connectivity index (χ3v) is 15.7. The zero-order valence-electron chi connectivity index (χ0n) is 54.1. The highest BCUT2D eigenvalue weighted by molar-refractivity contribution is 5.71. The zero-order chi connectivity index (χ0) is 58.5. The molecule has 0 spiro atoms. The number of rotatable bonds is 65. The van der Waals surface area contributed by atoms with Crippen molar-refractivity contribution in [3.63, 3.8) is 0 Å². The molecule has 0 aliphatic carbocycles. The van der Waals surface area contributed by atoms with Crippen molar-refractivity contribution in [1.29, 1.82) is 0 Å². The average molecular weight is 1130 g/mol. The van der Waals surface area contributed by atoms with Gasteiger partial charge in [0, 0.05) is 19.3 Å². The van der Waals surface area contributed by atoms with Gasteiger partial charge >= 0.3 is 17.9 Å². The second kappa shape index (κ2) is 69.3. The summed E-state index contributed by atoms with van der Waals surface area (Å²) >= 11 is 0. The predicted molar refractivity (Wildman–Crippen MR) is 353 cm³/mol. The molecule has 0 aromatic rings. The van der Waals surface area contributed by atoms with Crippen molar-refractivity contribution in [3.05, 3.63) is 72.9 Å².